The lowest BCUT2D eigenvalue weighted by Crippen LogP contribution is -2.50. The van der Waals surface area contributed by atoms with E-state index in [1.165, 1.54) is 32.4 Å². The topological polar surface area (TPSA) is 232 Å². The number of hydrogen-bond donors (Lipinski definition) is 5. The first kappa shape index (κ1) is 59.4. The van der Waals surface area contributed by atoms with E-state index in [9.17, 15) is 18.0 Å². The number of ether oxygens (including phenoxy) is 5. The molecule has 4 aromatic carbocycles. The van der Waals surface area contributed by atoms with Crippen LogP contribution in [-0.4, -0.2) is 103 Å². The van der Waals surface area contributed by atoms with Crippen molar-refractivity contribution in [3.8, 4) is 28.7 Å². The van der Waals surface area contributed by atoms with Crippen molar-refractivity contribution in [1.29, 1.82) is 0 Å². The summed E-state index contributed by atoms with van der Waals surface area (Å²) < 4.78 is 50.5. The van der Waals surface area contributed by atoms with Crippen LogP contribution in [0.1, 0.15) is 99.8 Å². The SMILES string of the molecule is CC(=O)Oc1cc(C(C)C)c(OCCC(C)C)cc1C.COc1cc(C(C)CNCCOc2ccccc2)ccc1S(N)(=O)=O.COc1ccc(Cl)cc1N1CCNC(CCCNc2nccc(C(N)=O)n2)C1. The van der Waals surface area contributed by atoms with E-state index in [1.54, 1.807) is 19.2 Å². The van der Waals surface area contributed by atoms with Crippen LogP contribution in [0.15, 0.2) is 96.0 Å². The molecule has 2 atom stereocenters. The van der Waals surface area contributed by atoms with Gasteiger partial charge >= 0.3 is 5.97 Å². The number of nitrogens with two attached hydrogens (primary N) is 2. The molecule has 17 nitrogen and oxygen atoms in total. The number of aryl methyl sites for hydroxylation is 1. The average Bonchev–Trinajstić information content (AvgIpc) is 3.36. The number of para-hydroxylation sites is 1. The van der Waals surface area contributed by atoms with E-state index in [-0.39, 0.29) is 28.2 Å². The van der Waals surface area contributed by atoms with Gasteiger partial charge in [0, 0.05) is 69.0 Å². The number of halogens is 1. The summed E-state index contributed by atoms with van der Waals surface area (Å²) in [4.78, 5) is 32.8. The lowest BCUT2D eigenvalue weighted by Gasteiger charge is -2.36. The smallest absolute Gasteiger partial charge is 0.308 e. The molecule has 1 amide bonds. The first-order valence-electron chi connectivity index (χ1n) is 24.5. The molecule has 1 saturated heterocycles. The van der Waals surface area contributed by atoms with Crippen LogP contribution in [0.3, 0.4) is 0 Å². The largest absolute Gasteiger partial charge is 0.495 e. The lowest BCUT2D eigenvalue weighted by molar-refractivity contribution is -0.131. The van der Waals surface area contributed by atoms with Crippen LogP contribution in [0.4, 0.5) is 11.6 Å². The summed E-state index contributed by atoms with van der Waals surface area (Å²) >= 11 is 6.17. The normalized spacial score (nSPS) is 13.7. The molecule has 6 rings (SSSR count). The van der Waals surface area contributed by atoms with E-state index in [0.717, 1.165) is 85.1 Å². The number of esters is 1. The molecule has 19 heteroatoms. The molecule has 0 radical (unpaired) electrons. The van der Waals surface area contributed by atoms with E-state index < -0.39 is 15.9 Å². The summed E-state index contributed by atoms with van der Waals surface area (Å²) in [6, 6.07) is 26.0. The Morgan fingerprint density at radius 3 is 2.29 bits per heavy atom. The summed E-state index contributed by atoms with van der Waals surface area (Å²) in [7, 11) is -0.694. The van der Waals surface area contributed by atoms with Crippen molar-refractivity contribution in [3.05, 3.63) is 119 Å². The van der Waals surface area contributed by atoms with Gasteiger partial charge in [-0.15, -0.1) is 0 Å². The van der Waals surface area contributed by atoms with Gasteiger partial charge in [-0.25, -0.2) is 23.5 Å². The second-order valence-electron chi connectivity index (χ2n) is 18.3. The predicted octanol–water partition coefficient (Wildman–Crippen LogP) is 8.49. The van der Waals surface area contributed by atoms with Gasteiger partial charge in [0.05, 0.1) is 26.5 Å². The second-order valence-corrected chi connectivity index (χ2v) is 20.2. The molecule has 7 N–H and O–H groups in total. The van der Waals surface area contributed by atoms with Crippen LogP contribution in [0, 0.1) is 12.8 Å². The number of aromatic nitrogens is 2. The standard InChI is InChI=1S/C19H25ClN6O2.C18H24N2O4S.C17H26O3/c1-28-17-5-4-13(20)11-16(17)26-10-9-22-14(12-26)3-2-7-23-19-24-8-6-15(25-19)18(21)27;1-14(13-20-10-11-24-16-6-4-3-5-7-16)15-8-9-18(25(19,21)22)17(12-15)23-2;1-11(2)7-8-19-17-9-13(5)16(20-14(6)18)10-15(17)12(3)4/h4-6,8,11,14,22H,2-3,7,9-10,12H2,1H3,(H2,21,27)(H,23,24,25);3-9,12,14,20H,10-11,13H2,1-2H3,(H2,19,21,22);9-12H,7-8H2,1-6H3. The molecule has 398 valence electrons. The molecule has 1 aromatic heterocycles. The number of primary sulfonamides is 1. The molecule has 2 heterocycles. The summed E-state index contributed by atoms with van der Waals surface area (Å²) in [5.74, 6) is 4.14. The highest BCUT2D eigenvalue weighted by molar-refractivity contribution is 7.89. The number of methoxy groups -OCH3 is 2. The molecule has 1 aliphatic heterocycles. The minimum absolute atomic E-state index is 0.00447. The summed E-state index contributed by atoms with van der Waals surface area (Å²) in [5, 5.41) is 15.9. The quantitative estimate of drug-likeness (QED) is 0.0235. The molecule has 0 spiro atoms. The lowest BCUT2D eigenvalue weighted by atomic mass is 9.99. The summed E-state index contributed by atoms with van der Waals surface area (Å²) in [5.41, 5.74) is 9.44. The fourth-order valence-corrected chi connectivity index (χ4v) is 8.47. The molecule has 73 heavy (non-hydrogen) atoms. The van der Waals surface area contributed by atoms with E-state index in [0.29, 0.717) is 60.9 Å². The highest BCUT2D eigenvalue weighted by Crippen LogP contribution is 2.35. The number of amides is 1. The summed E-state index contributed by atoms with van der Waals surface area (Å²) in [6.45, 7) is 20.1. The molecule has 2 unspecified atom stereocenters. The molecular weight excluding hydrogens is 972 g/mol. The zero-order chi connectivity index (χ0) is 53.5. The highest BCUT2D eigenvalue weighted by Gasteiger charge is 2.22. The van der Waals surface area contributed by atoms with Crippen LogP contribution in [0.2, 0.25) is 5.02 Å². The van der Waals surface area contributed by atoms with Crippen LogP contribution in [-0.2, 0) is 14.8 Å². The number of anilines is 2. The maximum atomic E-state index is 11.5. The number of hydrogen-bond acceptors (Lipinski definition) is 15. The molecular formula is C54H75ClN8O9S. The van der Waals surface area contributed by atoms with Gasteiger partial charge in [-0.3, -0.25) is 9.59 Å². The number of sulfonamides is 1. The van der Waals surface area contributed by atoms with Gasteiger partial charge in [0.15, 0.2) is 0 Å². The minimum Gasteiger partial charge on any atom is -0.495 e. The van der Waals surface area contributed by atoms with Crippen molar-refractivity contribution in [2.24, 2.45) is 16.8 Å². The zero-order valence-electron chi connectivity index (χ0n) is 43.7. The average molecular weight is 1050 g/mol. The third-order valence-corrected chi connectivity index (χ3v) is 12.8. The number of rotatable bonds is 23. The van der Waals surface area contributed by atoms with Gasteiger partial charge < -0.3 is 50.3 Å². The predicted molar refractivity (Wildman–Crippen MR) is 289 cm³/mol. The Morgan fingerprint density at radius 1 is 0.890 bits per heavy atom. The van der Waals surface area contributed by atoms with Gasteiger partial charge in [-0.1, -0.05) is 70.5 Å². The number of carbonyl (C=O) groups excluding carboxylic acids is 2. The van der Waals surface area contributed by atoms with Gasteiger partial charge in [-0.05, 0) is 116 Å². The van der Waals surface area contributed by atoms with E-state index in [2.05, 4.69) is 65.4 Å². The van der Waals surface area contributed by atoms with Crippen LogP contribution in [0.25, 0.3) is 0 Å². The fourth-order valence-electron chi connectivity index (χ4n) is 7.62. The Labute approximate surface area is 437 Å². The Hall–Kier alpha value is -6.18. The number of nitrogens with zero attached hydrogens (tertiary/aromatic N) is 3. The Morgan fingerprint density at radius 2 is 1.63 bits per heavy atom. The summed E-state index contributed by atoms with van der Waals surface area (Å²) in [6.07, 6.45) is 4.47. The third-order valence-electron chi connectivity index (χ3n) is 11.6. The Balaban J connectivity index is 0.000000241. The minimum atomic E-state index is -3.80. The van der Waals surface area contributed by atoms with Crippen molar-refractivity contribution < 1.29 is 41.7 Å². The monoisotopic (exact) mass is 1050 g/mol. The van der Waals surface area contributed by atoms with Crippen molar-refractivity contribution in [3.63, 3.8) is 0 Å². The number of primary amides is 1. The Kier molecular flexibility index (Phi) is 24.5. The van der Waals surface area contributed by atoms with Crippen LogP contribution in [0.5, 0.6) is 28.7 Å². The van der Waals surface area contributed by atoms with Crippen molar-refractivity contribution in [1.82, 2.24) is 20.6 Å². The highest BCUT2D eigenvalue weighted by atomic mass is 35.5. The molecule has 1 aliphatic rings. The molecule has 5 aromatic rings. The van der Waals surface area contributed by atoms with Gasteiger partial charge in [0.1, 0.15) is 45.9 Å². The van der Waals surface area contributed by atoms with Crippen molar-refractivity contribution in [2.45, 2.75) is 90.5 Å². The van der Waals surface area contributed by atoms with Gasteiger partial charge in [-0.2, -0.15) is 0 Å². The fraction of sp³-hybridized carbons (Fsp3) is 0.444. The maximum absolute atomic E-state index is 11.5. The Bertz CT molecular complexity index is 2630. The number of carbonyl (C=O) groups is 2. The molecule has 0 bridgehead atoms. The van der Waals surface area contributed by atoms with Crippen molar-refractivity contribution in [2.75, 3.05) is 76.9 Å². The number of nitrogens with one attached hydrogen (secondary N) is 3. The van der Waals surface area contributed by atoms with Crippen LogP contribution < -0.4 is 55.4 Å². The number of piperazine rings is 1. The first-order valence-corrected chi connectivity index (χ1v) is 26.5. The third kappa shape index (κ3) is 20.3. The van der Waals surface area contributed by atoms with E-state index in [4.69, 9.17) is 46.2 Å². The molecule has 1 fully saturated rings. The van der Waals surface area contributed by atoms with E-state index >= 15 is 0 Å². The van der Waals surface area contributed by atoms with E-state index in [1.807, 2.05) is 67.6 Å². The van der Waals surface area contributed by atoms with Crippen molar-refractivity contribution >= 4 is 45.1 Å². The maximum Gasteiger partial charge on any atom is 0.308 e. The van der Waals surface area contributed by atoms with Gasteiger partial charge in [0.25, 0.3) is 5.91 Å². The molecule has 0 aliphatic carbocycles. The zero-order valence-corrected chi connectivity index (χ0v) is 45.3. The van der Waals surface area contributed by atoms with Crippen LogP contribution >= 0.6 is 11.6 Å². The molecule has 0 saturated carbocycles. The van der Waals surface area contributed by atoms with Gasteiger partial charge in [0.2, 0.25) is 16.0 Å². The first-order chi connectivity index (χ1) is 34.8. The second kappa shape index (κ2) is 30.1. The number of benzene rings is 4.